The molecule has 1 fully saturated rings. The Bertz CT molecular complexity index is 749. The first kappa shape index (κ1) is 16.2. The Kier molecular flexibility index (Phi) is 4.94. The Morgan fingerprint density at radius 1 is 1.00 bits per heavy atom. The molecular formula is C20H22N2O2. The molecule has 124 valence electrons. The van der Waals surface area contributed by atoms with Gasteiger partial charge in [0.05, 0.1) is 17.7 Å². The van der Waals surface area contributed by atoms with Crippen molar-refractivity contribution in [2.24, 2.45) is 0 Å². The van der Waals surface area contributed by atoms with Crippen LogP contribution in [0.5, 0.6) is 0 Å². The molecule has 0 saturated carbocycles. The average Bonchev–Trinajstić information content (AvgIpc) is 3.11. The zero-order chi connectivity index (χ0) is 16.9. The van der Waals surface area contributed by atoms with E-state index in [1.165, 1.54) is 0 Å². The number of carbonyl (C=O) groups is 2. The Labute approximate surface area is 142 Å². The van der Waals surface area contributed by atoms with Crippen molar-refractivity contribution in [3.8, 4) is 0 Å². The van der Waals surface area contributed by atoms with E-state index in [4.69, 9.17) is 0 Å². The number of rotatable bonds is 4. The lowest BCUT2D eigenvalue weighted by atomic mass is 10.1. The van der Waals surface area contributed by atoms with Crippen LogP contribution in [0.4, 0.5) is 5.69 Å². The number of benzene rings is 2. The van der Waals surface area contributed by atoms with Crippen molar-refractivity contribution in [1.82, 2.24) is 4.90 Å². The fraction of sp³-hybridized carbons (Fsp3) is 0.300. The third-order valence-corrected chi connectivity index (χ3v) is 4.44. The van der Waals surface area contributed by atoms with Crippen LogP contribution in [-0.2, 0) is 11.2 Å². The predicted molar refractivity (Wildman–Crippen MR) is 95.1 cm³/mol. The molecule has 2 aromatic carbocycles. The predicted octanol–water partition coefficient (Wildman–Crippen LogP) is 3.41. The van der Waals surface area contributed by atoms with Crippen molar-refractivity contribution in [2.75, 3.05) is 18.4 Å². The molecule has 4 nitrogen and oxygen atoms in total. The molecule has 0 unspecified atom stereocenters. The van der Waals surface area contributed by atoms with E-state index in [1.54, 1.807) is 12.1 Å². The minimum atomic E-state index is -0.106. The van der Waals surface area contributed by atoms with Crippen LogP contribution in [0.1, 0.15) is 34.3 Å². The number of anilines is 1. The van der Waals surface area contributed by atoms with Gasteiger partial charge in [-0.2, -0.15) is 0 Å². The monoisotopic (exact) mass is 322 g/mol. The molecule has 1 heterocycles. The number of para-hydroxylation sites is 1. The van der Waals surface area contributed by atoms with Crippen LogP contribution in [0.15, 0.2) is 48.5 Å². The summed E-state index contributed by atoms with van der Waals surface area (Å²) in [6.07, 6.45) is 2.40. The first-order chi connectivity index (χ1) is 11.6. The van der Waals surface area contributed by atoms with Crippen molar-refractivity contribution in [2.45, 2.75) is 26.2 Å². The van der Waals surface area contributed by atoms with E-state index in [0.29, 0.717) is 17.7 Å². The Morgan fingerprint density at radius 2 is 1.67 bits per heavy atom. The molecule has 0 bridgehead atoms. The summed E-state index contributed by atoms with van der Waals surface area (Å²) in [5.41, 5.74) is 3.25. The van der Waals surface area contributed by atoms with Gasteiger partial charge in [-0.3, -0.25) is 9.59 Å². The number of nitrogens with zero attached hydrogens (tertiary/aromatic N) is 1. The largest absolute Gasteiger partial charge is 0.339 e. The molecule has 0 radical (unpaired) electrons. The van der Waals surface area contributed by atoms with Crippen molar-refractivity contribution in [3.05, 3.63) is 65.2 Å². The summed E-state index contributed by atoms with van der Waals surface area (Å²) in [4.78, 5) is 26.9. The van der Waals surface area contributed by atoms with Crippen LogP contribution in [0, 0.1) is 6.92 Å². The maximum absolute atomic E-state index is 12.6. The van der Waals surface area contributed by atoms with E-state index in [0.717, 1.165) is 37.1 Å². The van der Waals surface area contributed by atoms with Crippen molar-refractivity contribution >= 4 is 17.5 Å². The van der Waals surface area contributed by atoms with E-state index >= 15 is 0 Å². The van der Waals surface area contributed by atoms with Crippen LogP contribution >= 0.6 is 0 Å². The van der Waals surface area contributed by atoms with E-state index in [-0.39, 0.29) is 11.8 Å². The van der Waals surface area contributed by atoms with Crippen molar-refractivity contribution < 1.29 is 9.59 Å². The van der Waals surface area contributed by atoms with Gasteiger partial charge in [-0.05, 0) is 43.0 Å². The van der Waals surface area contributed by atoms with Crippen LogP contribution in [-0.4, -0.2) is 29.8 Å². The minimum Gasteiger partial charge on any atom is -0.339 e. The minimum absolute atomic E-state index is 0.000656. The van der Waals surface area contributed by atoms with Gasteiger partial charge in [-0.1, -0.05) is 36.4 Å². The van der Waals surface area contributed by atoms with Crippen LogP contribution in [0.2, 0.25) is 0 Å². The number of aryl methyl sites for hydroxylation is 1. The quantitative estimate of drug-likeness (QED) is 0.938. The lowest BCUT2D eigenvalue weighted by Gasteiger charge is -2.18. The summed E-state index contributed by atoms with van der Waals surface area (Å²) in [6.45, 7) is 3.59. The summed E-state index contributed by atoms with van der Waals surface area (Å²) in [5.74, 6) is -0.106. The fourth-order valence-electron chi connectivity index (χ4n) is 3.04. The van der Waals surface area contributed by atoms with Gasteiger partial charge in [0, 0.05) is 13.1 Å². The molecule has 24 heavy (non-hydrogen) atoms. The van der Waals surface area contributed by atoms with Gasteiger partial charge in [0.15, 0.2) is 0 Å². The highest BCUT2D eigenvalue weighted by Crippen LogP contribution is 2.20. The van der Waals surface area contributed by atoms with Gasteiger partial charge in [0.25, 0.3) is 5.91 Å². The van der Waals surface area contributed by atoms with Crippen LogP contribution < -0.4 is 5.32 Å². The number of carbonyl (C=O) groups excluding carboxylic acids is 2. The molecule has 0 aliphatic carbocycles. The molecule has 4 heteroatoms. The molecule has 1 saturated heterocycles. The van der Waals surface area contributed by atoms with Gasteiger partial charge in [-0.25, -0.2) is 0 Å². The lowest BCUT2D eigenvalue weighted by Crippen LogP contribution is -2.29. The summed E-state index contributed by atoms with van der Waals surface area (Å²) in [6, 6.07) is 15.1. The van der Waals surface area contributed by atoms with Crippen LogP contribution in [0.3, 0.4) is 0 Å². The summed E-state index contributed by atoms with van der Waals surface area (Å²) in [7, 11) is 0. The molecule has 1 aliphatic rings. The van der Waals surface area contributed by atoms with Gasteiger partial charge < -0.3 is 10.2 Å². The molecule has 1 N–H and O–H groups in total. The van der Waals surface area contributed by atoms with E-state index in [2.05, 4.69) is 5.32 Å². The molecule has 1 aliphatic heterocycles. The summed E-state index contributed by atoms with van der Waals surface area (Å²) in [5, 5.41) is 2.90. The van der Waals surface area contributed by atoms with E-state index in [9.17, 15) is 9.59 Å². The summed E-state index contributed by atoms with van der Waals surface area (Å²) >= 11 is 0. The SMILES string of the molecule is Cc1ccccc1CC(=O)Nc1ccccc1C(=O)N1CCCC1. The molecule has 2 aromatic rings. The first-order valence-corrected chi connectivity index (χ1v) is 8.38. The van der Waals surface area contributed by atoms with Crippen molar-refractivity contribution in [3.63, 3.8) is 0 Å². The van der Waals surface area contributed by atoms with Crippen LogP contribution in [0.25, 0.3) is 0 Å². The number of hydrogen-bond donors (Lipinski definition) is 1. The summed E-state index contributed by atoms with van der Waals surface area (Å²) < 4.78 is 0. The highest BCUT2D eigenvalue weighted by atomic mass is 16.2. The molecule has 2 amide bonds. The molecule has 0 spiro atoms. The standard InChI is InChI=1S/C20H22N2O2/c1-15-8-2-3-9-16(15)14-19(23)21-18-11-5-4-10-17(18)20(24)22-12-6-7-13-22/h2-5,8-11H,6-7,12-14H2,1H3,(H,21,23). The maximum atomic E-state index is 12.6. The number of amides is 2. The first-order valence-electron chi connectivity index (χ1n) is 8.38. The van der Waals surface area contributed by atoms with Gasteiger partial charge in [0.1, 0.15) is 0 Å². The third-order valence-electron chi connectivity index (χ3n) is 4.44. The topological polar surface area (TPSA) is 49.4 Å². The number of hydrogen-bond acceptors (Lipinski definition) is 2. The second-order valence-electron chi connectivity index (χ2n) is 6.20. The molecular weight excluding hydrogens is 300 g/mol. The van der Waals surface area contributed by atoms with E-state index < -0.39 is 0 Å². The Morgan fingerprint density at radius 3 is 2.42 bits per heavy atom. The highest BCUT2D eigenvalue weighted by molar-refractivity contribution is 6.04. The van der Waals surface area contributed by atoms with Gasteiger partial charge in [0.2, 0.25) is 5.91 Å². The zero-order valence-electron chi connectivity index (χ0n) is 13.9. The average molecular weight is 322 g/mol. The molecule has 3 rings (SSSR count). The smallest absolute Gasteiger partial charge is 0.255 e. The lowest BCUT2D eigenvalue weighted by molar-refractivity contribution is -0.115. The van der Waals surface area contributed by atoms with E-state index in [1.807, 2.05) is 48.2 Å². The molecule has 0 aromatic heterocycles. The Balaban J connectivity index is 1.74. The zero-order valence-corrected chi connectivity index (χ0v) is 13.9. The fourth-order valence-corrected chi connectivity index (χ4v) is 3.04. The normalized spacial score (nSPS) is 13.8. The third kappa shape index (κ3) is 3.65. The second-order valence-corrected chi connectivity index (χ2v) is 6.20. The Hall–Kier alpha value is -2.62. The highest BCUT2D eigenvalue weighted by Gasteiger charge is 2.22. The maximum Gasteiger partial charge on any atom is 0.255 e. The van der Waals surface area contributed by atoms with Gasteiger partial charge >= 0.3 is 0 Å². The molecule has 0 atom stereocenters. The number of nitrogens with one attached hydrogen (secondary N) is 1. The van der Waals surface area contributed by atoms with Crippen molar-refractivity contribution in [1.29, 1.82) is 0 Å². The van der Waals surface area contributed by atoms with Gasteiger partial charge in [-0.15, -0.1) is 0 Å². The second kappa shape index (κ2) is 7.30. The number of likely N-dealkylation sites (tertiary alicyclic amines) is 1.